The van der Waals surface area contributed by atoms with Gasteiger partial charge < -0.3 is 29.6 Å². The fourth-order valence-electron chi connectivity index (χ4n) is 7.61. The van der Waals surface area contributed by atoms with E-state index < -0.39 is 0 Å². The average molecular weight is 853 g/mol. The molecule has 0 heterocycles. The molecule has 0 saturated heterocycles. The van der Waals surface area contributed by atoms with Crippen LogP contribution in [-0.2, 0) is 28.5 Å². The maximum absolute atomic E-state index is 12.7. The fourth-order valence-corrected chi connectivity index (χ4v) is 7.61. The number of nitrogens with one attached hydrogen (secondary N) is 2. The van der Waals surface area contributed by atoms with Crippen LogP contribution in [0.3, 0.4) is 0 Å². The quantitative estimate of drug-likeness (QED) is 0.0592. The summed E-state index contributed by atoms with van der Waals surface area (Å²) < 4.78 is 24.1. The molecule has 2 amide bonds. The Bertz CT molecular complexity index is 932. The molecule has 0 aliphatic rings. The summed E-state index contributed by atoms with van der Waals surface area (Å²) in [4.78, 5) is 25.2. The molecule has 60 heavy (non-hydrogen) atoms. The number of ether oxygens (including phenoxy) is 4. The molecule has 0 aromatic heterocycles. The Labute approximate surface area is 373 Å². The molecule has 0 aliphatic carbocycles. The summed E-state index contributed by atoms with van der Waals surface area (Å²) in [5.41, 5.74) is -0.530. The van der Waals surface area contributed by atoms with Gasteiger partial charge in [0.05, 0.1) is 30.5 Å². The predicted octanol–water partition coefficient (Wildman–Crippen LogP) is 14.1. The summed E-state index contributed by atoms with van der Waals surface area (Å²) in [6, 6.07) is 0. The Balaban J connectivity index is 4.37. The molecule has 358 valence electrons. The smallest absolute Gasteiger partial charge is 0.220 e. The van der Waals surface area contributed by atoms with Crippen molar-refractivity contribution in [1.29, 1.82) is 0 Å². The molecule has 0 fully saturated rings. The summed E-state index contributed by atoms with van der Waals surface area (Å²) in [6.07, 6.45) is 41.2. The topological polar surface area (TPSA) is 95.1 Å². The number of carbonyl (C=O) groups is 2. The van der Waals surface area contributed by atoms with Crippen molar-refractivity contribution in [2.45, 2.75) is 277 Å². The van der Waals surface area contributed by atoms with Crippen LogP contribution in [0.25, 0.3) is 0 Å². The summed E-state index contributed by atoms with van der Waals surface area (Å²) in [6.45, 7) is 16.6. The largest absolute Gasteiger partial charge is 0.379 e. The third kappa shape index (κ3) is 40.8. The van der Waals surface area contributed by atoms with Gasteiger partial charge in [0.25, 0.3) is 0 Å². The van der Waals surface area contributed by atoms with Crippen LogP contribution in [0, 0.1) is 0 Å². The van der Waals surface area contributed by atoms with Crippen molar-refractivity contribution in [3.63, 3.8) is 0 Å². The summed E-state index contributed by atoms with van der Waals surface area (Å²) >= 11 is 0. The Morgan fingerprint density at radius 1 is 0.500 bits per heavy atom. The molecule has 0 aromatic rings. The van der Waals surface area contributed by atoms with Crippen LogP contribution >= 0.6 is 0 Å². The van der Waals surface area contributed by atoms with Crippen LogP contribution in [-0.4, -0.2) is 75.7 Å². The Morgan fingerprint density at radius 2 is 0.900 bits per heavy atom. The minimum atomic E-state index is -0.310. The lowest BCUT2D eigenvalue weighted by molar-refractivity contribution is -0.126. The van der Waals surface area contributed by atoms with Crippen molar-refractivity contribution in [3.05, 3.63) is 0 Å². The maximum atomic E-state index is 12.7. The molecule has 8 nitrogen and oxygen atoms in total. The van der Waals surface area contributed by atoms with Gasteiger partial charge in [-0.2, -0.15) is 0 Å². The lowest BCUT2D eigenvalue weighted by Crippen LogP contribution is -2.36. The van der Waals surface area contributed by atoms with Gasteiger partial charge in [-0.3, -0.25) is 9.59 Å². The molecule has 0 aromatic carbocycles. The molecule has 0 aliphatic heterocycles. The van der Waals surface area contributed by atoms with Gasteiger partial charge in [-0.15, -0.1) is 0 Å². The Kier molecular flexibility index (Phi) is 42.2. The number of rotatable bonds is 48. The standard InChI is InChI=1S/C52H104N2O6/c1-8-11-13-15-17-19-21-23-25-27-29-31-33-35-44-58-47-48(59-45-36-34-32-30-28-26-24-22-20-18-16-14-12-9-2)39-42-53-49(55)37-38-50(56)54-43-40-52(6,10-3)60-46-41-51(4,5)57-7/h48H,8-47H2,1-7H3,(H,53,55)(H,54,56). The minimum absolute atomic E-state index is 0.0297. The Hall–Kier alpha value is -1.22. The van der Waals surface area contributed by atoms with E-state index in [9.17, 15) is 9.59 Å². The van der Waals surface area contributed by atoms with E-state index in [1.54, 1.807) is 7.11 Å². The third-order valence-corrected chi connectivity index (χ3v) is 12.6. The number of hydrogen-bond donors (Lipinski definition) is 2. The molecule has 8 heteroatoms. The molecule has 0 rings (SSSR count). The number of hydrogen-bond acceptors (Lipinski definition) is 6. The summed E-state index contributed by atoms with van der Waals surface area (Å²) in [5, 5.41) is 6.01. The highest BCUT2D eigenvalue weighted by Gasteiger charge is 2.25. The van der Waals surface area contributed by atoms with E-state index in [0.717, 1.165) is 45.3 Å². The second-order valence-electron chi connectivity index (χ2n) is 18.9. The number of unbranched alkanes of at least 4 members (excludes halogenated alkanes) is 26. The lowest BCUT2D eigenvalue weighted by Gasteiger charge is -2.31. The second kappa shape index (κ2) is 43.1. The zero-order valence-corrected chi connectivity index (χ0v) is 41.3. The molecule has 0 bridgehead atoms. The highest BCUT2D eigenvalue weighted by molar-refractivity contribution is 5.83. The SMILES string of the molecule is CCCCCCCCCCCCCCCCOCC(CCNC(=O)CCC(=O)NCCC(C)(CC)OCCC(C)(C)OC)OCCCCCCCCCCCCCCCC. The van der Waals surface area contributed by atoms with Crippen molar-refractivity contribution in [3.8, 4) is 0 Å². The zero-order chi connectivity index (χ0) is 44.3. The van der Waals surface area contributed by atoms with E-state index >= 15 is 0 Å². The minimum Gasteiger partial charge on any atom is -0.379 e. The summed E-state index contributed by atoms with van der Waals surface area (Å²) in [5.74, 6) is -0.197. The van der Waals surface area contributed by atoms with Gasteiger partial charge in [-0.25, -0.2) is 0 Å². The van der Waals surface area contributed by atoms with Crippen LogP contribution in [0.4, 0.5) is 0 Å². The highest BCUT2D eigenvalue weighted by Crippen LogP contribution is 2.22. The highest BCUT2D eigenvalue weighted by atomic mass is 16.5. The fraction of sp³-hybridized carbons (Fsp3) is 0.962. The van der Waals surface area contributed by atoms with Crippen molar-refractivity contribution in [1.82, 2.24) is 10.6 Å². The van der Waals surface area contributed by atoms with E-state index in [2.05, 4.69) is 52.2 Å². The molecular formula is C52H104N2O6. The van der Waals surface area contributed by atoms with Gasteiger partial charge in [0.15, 0.2) is 0 Å². The molecule has 0 spiro atoms. The van der Waals surface area contributed by atoms with Gasteiger partial charge in [0.1, 0.15) is 0 Å². The molecule has 2 atom stereocenters. The average Bonchev–Trinajstić information content (AvgIpc) is 3.23. The Morgan fingerprint density at radius 3 is 1.32 bits per heavy atom. The van der Waals surface area contributed by atoms with E-state index in [1.165, 1.54) is 167 Å². The third-order valence-electron chi connectivity index (χ3n) is 12.6. The number of amides is 2. The van der Waals surface area contributed by atoms with E-state index in [4.69, 9.17) is 18.9 Å². The molecule has 0 radical (unpaired) electrons. The van der Waals surface area contributed by atoms with Crippen LogP contribution in [0.5, 0.6) is 0 Å². The van der Waals surface area contributed by atoms with Crippen LogP contribution in [0.15, 0.2) is 0 Å². The first-order valence-electron chi connectivity index (χ1n) is 26.0. The summed E-state index contributed by atoms with van der Waals surface area (Å²) in [7, 11) is 1.72. The van der Waals surface area contributed by atoms with E-state index in [-0.39, 0.29) is 42.0 Å². The first kappa shape index (κ1) is 58.8. The van der Waals surface area contributed by atoms with Gasteiger partial charge in [0, 0.05) is 46.3 Å². The van der Waals surface area contributed by atoms with Gasteiger partial charge in [0.2, 0.25) is 11.8 Å². The molecule has 2 N–H and O–H groups in total. The monoisotopic (exact) mass is 853 g/mol. The van der Waals surface area contributed by atoms with Crippen molar-refractivity contribution in [2.24, 2.45) is 0 Å². The second-order valence-corrected chi connectivity index (χ2v) is 18.9. The lowest BCUT2D eigenvalue weighted by atomic mass is 9.98. The van der Waals surface area contributed by atoms with Crippen LogP contribution in [0.2, 0.25) is 0 Å². The van der Waals surface area contributed by atoms with Gasteiger partial charge in [-0.1, -0.05) is 188 Å². The van der Waals surface area contributed by atoms with Crippen LogP contribution < -0.4 is 10.6 Å². The molecule has 2 unspecified atom stereocenters. The predicted molar refractivity (Wildman–Crippen MR) is 256 cm³/mol. The molecular weight excluding hydrogens is 749 g/mol. The van der Waals surface area contributed by atoms with Crippen molar-refractivity contribution >= 4 is 11.8 Å². The maximum Gasteiger partial charge on any atom is 0.220 e. The van der Waals surface area contributed by atoms with E-state index in [0.29, 0.717) is 32.7 Å². The number of carbonyl (C=O) groups excluding carboxylic acids is 2. The van der Waals surface area contributed by atoms with Crippen molar-refractivity contribution in [2.75, 3.05) is 46.6 Å². The number of methoxy groups -OCH3 is 1. The first-order chi connectivity index (χ1) is 29.1. The zero-order valence-electron chi connectivity index (χ0n) is 41.3. The van der Waals surface area contributed by atoms with Crippen molar-refractivity contribution < 1.29 is 28.5 Å². The van der Waals surface area contributed by atoms with Gasteiger partial charge in [-0.05, 0) is 59.3 Å². The van der Waals surface area contributed by atoms with E-state index in [1.807, 2.05) is 0 Å². The normalized spacial score (nSPS) is 13.4. The molecule has 0 saturated carbocycles. The first-order valence-corrected chi connectivity index (χ1v) is 26.0. The van der Waals surface area contributed by atoms with Gasteiger partial charge >= 0.3 is 0 Å². The van der Waals surface area contributed by atoms with Crippen LogP contribution in [0.1, 0.15) is 260 Å².